The third-order valence-corrected chi connectivity index (χ3v) is 4.10. The van der Waals surface area contributed by atoms with Gasteiger partial charge >= 0.3 is 5.97 Å². The topological polar surface area (TPSA) is 35.5 Å². The van der Waals surface area contributed by atoms with E-state index < -0.39 is 0 Å². The first kappa shape index (κ1) is 15.6. The van der Waals surface area contributed by atoms with Crippen LogP contribution in [0.2, 0.25) is 0 Å². The van der Waals surface area contributed by atoms with Crippen LogP contribution in [0.3, 0.4) is 0 Å². The van der Waals surface area contributed by atoms with Gasteiger partial charge in [-0.25, -0.2) is 4.79 Å². The van der Waals surface area contributed by atoms with Crippen LogP contribution in [0.5, 0.6) is 11.5 Å². The van der Waals surface area contributed by atoms with Crippen LogP contribution in [0.1, 0.15) is 17.3 Å². The fraction of sp³-hybridized carbons (Fsp3) is 0.105. The van der Waals surface area contributed by atoms with Crippen LogP contribution in [0.4, 0.5) is 0 Å². The third-order valence-electron chi connectivity index (χ3n) is 3.41. The number of benzene rings is 3. The highest BCUT2D eigenvalue weighted by Gasteiger charge is 2.09. The largest absolute Gasteiger partial charge is 0.494 e. The summed E-state index contributed by atoms with van der Waals surface area (Å²) in [5.74, 6) is 0.872. The van der Waals surface area contributed by atoms with E-state index in [1.54, 1.807) is 30.3 Å². The Morgan fingerprint density at radius 1 is 1.00 bits per heavy atom. The maximum atomic E-state index is 12.2. The number of hydrogen-bond acceptors (Lipinski definition) is 3. The number of fused-ring (bicyclic) bond motifs is 1. The Morgan fingerprint density at radius 2 is 1.74 bits per heavy atom. The molecule has 0 spiro atoms. The molecule has 3 aromatic rings. The number of carbonyl (C=O) groups is 1. The molecule has 23 heavy (non-hydrogen) atoms. The number of hydrogen-bond donors (Lipinski definition) is 0. The molecule has 0 N–H and O–H groups in total. The van der Waals surface area contributed by atoms with Crippen molar-refractivity contribution in [3.63, 3.8) is 0 Å². The highest BCUT2D eigenvalue weighted by Crippen LogP contribution is 2.27. The van der Waals surface area contributed by atoms with Gasteiger partial charge in [-0.05, 0) is 66.2 Å². The van der Waals surface area contributed by atoms with E-state index >= 15 is 0 Å². The molecule has 0 unspecified atom stereocenters. The second-order valence-corrected chi connectivity index (χ2v) is 5.82. The van der Waals surface area contributed by atoms with Gasteiger partial charge in [0.05, 0.1) is 12.2 Å². The van der Waals surface area contributed by atoms with Crippen LogP contribution >= 0.6 is 15.9 Å². The van der Waals surface area contributed by atoms with E-state index in [4.69, 9.17) is 9.47 Å². The summed E-state index contributed by atoms with van der Waals surface area (Å²) in [6.07, 6.45) is 0. The average Bonchev–Trinajstić information content (AvgIpc) is 2.56. The zero-order valence-electron chi connectivity index (χ0n) is 12.6. The summed E-state index contributed by atoms with van der Waals surface area (Å²) < 4.78 is 11.8. The molecule has 0 amide bonds. The molecule has 0 bridgehead atoms. The van der Waals surface area contributed by atoms with Gasteiger partial charge in [0.1, 0.15) is 11.5 Å². The fourth-order valence-electron chi connectivity index (χ4n) is 2.31. The Bertz CT molecular complexity index is 841. The zero-order chi connectivity index (χ0) is 16.2. The van der Waals surface area contributed by atoms with Gasteiger partial charge in [-0.3, -0.25) is 0 Å². The van der Waals surface area contributed by atoms with Crippen molar-refractivity contribution in [2.45, 2.75) is 6.92 Å². The molecule has 4 heteroatoms. The zero-order valence-corrected chi connectivity index (χ0v) is 14.2. The van der Waals surface area contributed by atoms with Gasteiger partial charge in [0.15, 0.2) is 0 Å². The number of halogens is 1. The first-order valence-corrected chi connectivity index (χ1v) is 8.10. The van der Waals surface area contributed by atoms with Crippen molar-refractivity contribution in [3.8, 4) is 11.5 Å². The van der Waals surface area contributed by atoms with Gasteiger partial charge in [-0.15, -0.1) is 0 Å². The lowest BCUT2D eigenvalue weighted by Gasteiger charge is -2.07. The first-order chi connectivity index (χ1) is 11.2. The normalized spacial score (nSPS) is 10.5. The Morgan fingerprint density at radius 3 is 2.48 bits per heavy atom. The van der Waals surface area contributed by atoms with Crippen molar-refractivity contribution < 1.29 is 14.3 Å². The minimum atomic E-state index is -0.387. The highest BCUT2D eigenvalue weighted by molar-refractivity contribution is 9.10. The fourth-order valence-corrected chi connectivity index (χ4v) is 2.82. The molecule has 116 valence electrons. The maximum absolute atomic E-state index is 12.2. The van der Waals surface area contributed by atoms with Crippen molar-refractivity contribution >= 4 is 32.7 Å². The van der Waals surface area contributed by atoms with Crippen molar-refractivity contribution in [3.05, 3.63) is 70.7 Å². The maximum Gasteiger partial charge on any atom is 0.343 e. The number of esters is 1. The number of carbonyl (C=O) groups excluding carboxylic acids is 1. The minimum Gasteiger partial charge on any atom is -0.494 e. The van der Waals surface area contributed by atoms with Crippen LogP contribution in [0, 0.1) is 0 Å². The second kappa shape index (κ2) is 6.84. The lowest BCUT2D eigenvalue weighted by atomic mass is 10.1. The Kier molecular flexibility index (Phi) is 4.63. The lowest BCUT2D eigenvalue weighted by molar-refractivity contribution is 0.0735. The predicted molar refractivity (Wildman–Crippen MR) is 94.2 cm³/mol. The Labute approximate surface area is 143 Å². The van der Waals surface area contributed by atoms with Crippen LogP contribution in [-0.2, 0) is 0 Å². The summed E-state index contributed by atoms with van der Waals surface area (Å²) in [6.45, 7) is 2.51. The molecule has 0 saturated heterocycles. The van der Waals surface area contributed by atoms with E-state index in [0.717, 1.165) is 21.0 Å². The van der Waals surface area contributed by atoms with Crippen molar-refractivity contribution in [2.75, 3.05) is 6.61 Å². The number of rotatable bonds is 4. The molecule has 0 aliphatic heterocycles. The SMILES string of the molecule is CCOc1ccc(C(=O)Oc2ccc3c(Br)cccc3c2)cc1. The standard InChI is InChI=1S/C19H15BrO3/c1-2-22-15-8-6-13(7-9-15)19(21)23-16-10-11-17-14(12-16)4-3-5-18(17)20/h3-12H,2H2,1H3. The smallest absolute Gasteiger partial charge is 0.343 e. The van der Waals surface area contributed by atoms with Gasteiger partial charge in [0.2, 0.25) is 0 Å². The molecule has 0 saturated carbocycles. The van der Waals surface area contributed by atoms with Crippen LogP contribution in [0.25, 0.3) is 10.8 Å². The van der Waals surface area contributed by atoms with Crippen molar-refractivity contribution in [1.29, 1.82) is 0 Å². The summed E-state index contributed by atoms with van der Waals surface area (Å²) in [5.41, 5.74) is 0.489. The van der Waals surface area contributed by atoms with E-state index in [0.29, 0.717) is 17.9 Å². The monoisotopic (exact) mass is 370 g/mol. The number of ether oxygens (including phenoxy) is 2. The molecule has 3 rings (SSSR count). The molecule has 0 aliphatic carbocycles. The first-order valence-electron chi connectivity index (χ1n) is 7.30. The highest BCUT2D eigenvalue weighted by atomic mass is 79.9. The van der Waals surface area contributed by atoms with Gasteiger partial charge in [0, 0.05) is 4.47 Å². The lowest BCUT2D eigenvalue weighted by Crippen LogP contribution is -2.08. The third kappa shape index (κ3) is 3.54. The molecule has 0 aromatic heterocycles. The van der Waals surface area contributed by atoms with Gasteiger partial charge in [-0.2, -0.15) is 0 Å². The summed E-state index contributed by atoms with van der Waals surface area (Å²) in [5, 5.41) is 2.09. The second-order valence-electron chi connectivity index (χ2n) is 4.97. The van der Waals surface area contributed by atoms with E-state index in [9.17, 15) is 4.79 Å². The van der Waals surface area contributed by atoms with Crippen molar-refractivity contribution in [2.24, 2.45) is 0 Å². The molecule has 0 heterocycles. The predicted octanol–water partition coefficient (Wildman–Crippen LogP) is 5.22. The molecule has 3 aromatic carbocycles. The average molecular weight is 371 g/mol. The Balaban J connectivity index is 1.79. The molecular formula is C19H15BrO3. The van der Waals surface area contributed by atoms with Crippen LogP contribution < -0.4 is 9.47 Å². The minimum absolute atomic E-state index is 0.387. The van der Waals surface area contributed by atoms with Crippen molar-refractivity contribution in [1.82, 2.24) is 0 Å². The van der Waals surface area contributed by atoms with Gasteiger partial charge in [-0.1, -0.05) is 28.1 Å². The van der Waals surface area contributed by atoms with E-state index in [2.05, 4.69) is 15.9 Å². The Hall–Kier alpha value is -2.33. The summed E-state index contributed by atoms with van der Waals surface area (Å²) in [6, 6.07) is 18.4. The van der Waals surface area contributed by atoms with E-state index in [1.807, 2.05) is 37.3 Å². The van der Waals surface area contributed by atoms with E-state index in [1.165, 1.54) is 0 Å². The van der Waals surface area contributed by atoms with Gasteiger partial charge in [0.25, 0.3) is 0 Å². The molecule has 3 nitrogen and oxygen atoms in total. The summed E-state index contributed by atoms with van der Waals surface area (Å²) in [7, 11) is 0. The van der Waals surface area contributed by atoms with E-state index in [-0.39, 0.29) is 5.97 Å². The summed E-state index contributed by atoms with van der Waals surface area (Å²) in [4.78, 5) is 12.2. The van der Waals surface area contributed by atoms with Gasteiger partial charge < -0.3 is 9.47 Å². The molecule has 0 atom stereocenters. The van der Waals surface area contributed by atoms with Crippen LogP contribution in [-0.4, -0.2) is 12.6 Å². The summed E-state index contributed by atoms with van der Waals surface area (Å²) >= 11 is 3.51. The molecule has 0 aliphatic rings. The molecule has 0 fully saturated rings. The van der Waals surface area contributed by atoms with Crippen LogP contribution in [0.15, 0.2) is 65.1 Å². The molecule has 0 radical (unpaired) electrons. The molecular weight excluding hydrogens is 356 g/mol. The quantitative estimate of drug-likeness (QED) is 0.466.